The van der Waals surface area contributed by atoms with Crippen LogP contribution < -0.4 is 5.32 Å². The number of ether oxygens (including phenoxy) is 1. The van der Waals surface area contributed by atoms with E-state index in [1.54, 1.807) is 6.07 Å². The lowest BCUT2D eigenvalue weighted by Crippen LogP contribution is -2.42. The molecule has 0 radical (unpaired) electrons. The van der Waals surface area contributed by atoms with Gasteiger partial charge < -0.3 is 15.2 Å². The second-order valence-corrected chi connectivity index (χ2v) is 8.18. The number of carbonyl (C=O) groups excluding carboxylic acids is 2. The highest BCUT2D eigenvalue weighted by atomic mass is 127. The fraction of sp³-hybridized carbons (Fsp3) is 0.556. The third-order valence-corrected chi connectivity index (χ3v) is 6.01. The van der Waals surface area contributed by atoms with Crippen LogP contribution in [0.5, 0.6) is 5.75 Å². The van der Waals surface area contributed by atoms with Crippen LogP contribution in [0.1, 0.15) is 43.0 Å². The lowest BCUT2D eigenvalue weighted by molar-refractivity contribution is -0.125. The van der Waals surface area contributed by atoms with Crippen molar-refractivity contribution < 1.29 is 19.4 Å². The molecule has 1 amide bonds. The van der Waals surface area contributed by atoms with Crippen molar-refractivity contribution in [2.24, 2.45) is 17.8 Å². The number of halogens is 1. The average Bonchev–Trinajstić information content (AvgIpc) is 3.18. The van der Waals surface area contributed by atoms with Crippen molar-refractivity contribution in [3.05, 3.63) is 27.3 Å². The Kier molecular flexibility index (Phi) is 5.32. The molecule has 2 aliphatic carbocycles. The molecule has 24 heavy (non-hydrogen) atoms. The third-order valence-electron chi connectivity index (χ3n) is 5.34. The van der Waals surface area contributed by atoms with Crippen LogP contribution in [0.25, 0.3) is 0 Å². The number of hydrogen-bond donors (Lipinski definition) is 2. The fourth-order valence-electron chi connectivity index (χ4n) is 4.19. The van der Waals surface area contributed by atoms with Gasteiger partial charge in [0.2, 0.25) is 0 Å². The Morgan fingerprint density at radius 3 is 2.83 bits per heavy atom. The minimum Gasteiger partial charge on any atom is -0.507 e. The van der Waals surface area contributed by atoms with Crippen molar-refractivity contribution >= 4 is 34.5 Å². The van der Waals surface area contributed by atoms with Gasteiger partial charge in [0, 0.05) is 9.61 Å². The highest BCUT2D eigenvalue weighted by Gasteiger charge is 2.42. The SMILES string of the molecule is CC(NC(=O)COC(=O)c1cc(I)ccc1O)C1CC2CCC1C2. The number of benzene rings is 1. The highest BCUT2D eigenvalue weighted by molar-refractivity contribution is 14.1. The molecule has 1 aromatic rings. The van der Waals surface area contributed by atoms with Crippen molar-refractivity contribution in [1.29, 1.82) is 0 Å². The molecular formula is C18H22INO4. The smallest absolute Gasteiger partial charge is 0.342 e. The van der Waals surface area contributed by atoms with E-state index in [2.05, 4.69) is 5.32 Å². The second kappa shape index (κ2) is 7.29. The number of aromatic hydroxyl groups is 1. The average molecular weight is 443 g/mol. The van der Waals surface area contributed by atoms with Gasteiger partial charge >= 0.3 is 5.97 Å². The van der Waals surface area contributed by atoms with E-state index < -0.39 is 5.97 Å². The maximum absolute atomic E-state index is 12.1. The molecule has 2 saturated carbocycles. The van der Waals surface area contributed by atoms with Gasteiger partial charge in [-0.1, -0.05) is 6.42 Å². The van der Waals surface area contributed by atoms with E-state index >= 15 is 0 Å². The zero-order valence-electron chi connectivity index (χ0n) is 13.6. The number of phenols is 1. The van der Waals surface area contributed by atoms with Gasteiger partial charge in [-0.25, -0.2) is 4.79 Å². The van der Waals surface area contributed by atoms with E-state index in [0.717, 1.165) is 15.4 Å². The van der Waals surface area contributed by atoms with E-state index in [9.17, 15) is 14.7 Å². The van der Waals surface area contributed by atoms with E-state index in [-0.39, 0.29) is 29.9 Å². The number of nitrogens with one attached hydrogen (secondary N) is 1. The molecule has 0 heterocycles. The molecule has 4 atom stereocenters. The molecule has 0 saturated heterocycles. The first-order valence-corrected chi connectivity index (χ1v) is 9.47. The Morgan fingerprint density at radius 2 is 2.17 bits per heavy atom. The van der Waals surface area contributed by atoms with Crippen molar-refractivity contribution in [3.8, 4) is 5.75 Å². The van der Waals surface area contributed by atoms with Crippen LogP contribution in [0.4, 0.5) is 0 Å². The number of fused-ring (bicyclic) bond motifs is 2. The van der Waals surface area contributed by atoms with Gasteiger partial charge in [0.15, 0.2) is 6.61 Å². The predicted molar refractivity (Wildman–Crippen MR) is 97.6 cm³/mol. The topological polar surface area (TPSA) is 75.6 Å². The van der Waals surface area contributed by atoms with E-state index in [4.69, 9.17) is 4.74 Å². The Balaban J connectivity index is 1.48. The van der Waals surface area contributed by atoms with Crippen molar-refractivity contribution in [1.82, 2.24) is 5.32 Å². The maximum Gasteiger partial charge on any atom is 0.342 e. The number of hydrogen-bond acceptors (Lipinski definition) is 4. The molecule has 0 aliphatic heterocycles. The largest absolute Gasteiger partial charge is 0.507 e. The monoisotopic (exact) mass is 443 g/mol. The Bertz CT molecular complexity index is 648. The number of amides is 1. The van der Waals surface area contributed by atoms with Crippen molar-refractivity contribution in [2.75, 3.05) is 6.61 Å². The zero-order chi connectivity index (χ0) is 17.3. The van der Waals surface area contributed by atoms with Gasteiger partial charge in [-0.15, -0.1) is 0 Å². The first-order valence-electron chi connectivity index (χ1n) is 8.39. The molecule has 0 aromatic heterocycles. The molecule has 1 aromatic carbocycles. The van der Waals surface area contributed by atoms with E-state index in [1.165, 1.54) is 37.8 Å². The standard InChI is InChI=1S/C18H22INO4/c1-10(14-7-11-2-3-12(14)6-11)20-17(22)9-24-18(23)15-8-13(19)4-5-16(15)21/h4-5,8,10-12,14,21H,2-3,6-7,9H2,1H3,(H,20,22). The van der Waals surface area contributed by atoms with Gasteiger partial charge in [-0.05, 0) is 84.7 Å². The van der Waals surface area contributed by atoms with Crippen LogP contribution in [0, 0.1) is 21.3 Å². The van der Waals surface area contributed by atoms with Crippen LogP contribution in [-0.4, -0.2) is 29.6 Å². The number of rotatable bonds is 5. The van der Waals surface area contributed by atoms with Crippen molar-refractivity contribution in [2.45, 2.75) is 38.6 Å². The summed E-state index contributed by atoms with van der Waals surface area (Å²) in [5.74, 6) is 0.994. The maximum atomic E-state index is 12.1. The van der Waals surface area contributed by atoms with Crippen LogP contribution in [0.15, 0.2) is 18.2 Å². The quantitative estimate of drug-likeness (QED) is 0.542. The Labute approximate surface area is 155 Å². The van der Waals surface area contributed by atoms with Crippen LogP contribution in [0.3, 0.4) is 0 Å². The van der Waals surface area contributed by atoms with Gasteiger partial charge in [0.25, 0.3) is 5.91 Å². The molecule has 2 fully saturated rings. The summed E-state index contributed by atoms with van der Waals surface area (Å²) in [5.41, 5.74) is 0.0795. The molecule has 5 nitrogen and oxygen atoms in total. The summed E-state index contributed by atoms with van der Waals surface area (Å²) in [6.07, 6.45) is 5.10. The summed E-state index contributed by atoms with van der Waals surface area (Å²) in [5, 5.41) is 12.7. The first kappa shape index (κ1) is 17.5. The summed E-state index contributed by atoms with van der Waals surface area (Å²) in [4.78, 5) is 24.1. The summed E-state index contributed by atoms with van der Waals surface area (Å²) in [6, 6.07) is 4.78. The molecule has 2 bridgehead atoms. The lowest BCUT2D eigenvalue weighted by atomic mass is 9.84. The van der Waals surface area contributed by atoms with Crippen LogP contribution in [0.2, 0.25) is 0 Å². The second-order valence-electron chi connectivity index (χ2n) is 6.93. The summed E-state index contributed by atoms with van der Waals surface area (Å²) >= 11 is 2.05. The van der Waals surface area contributed by atoms with Crippen molar-refractivity contribution in [3.63, 3.8) is 0 Å². The number of phenolic OH excluding ortho intramolecular Hbond substituents is 1. The van der Waals surface area contributed by atoms with Gasteiger partial charge in [0.05, 0.1) is 0 Å². The zero-order valence-corrected chi connectivity index (χ0v) is 15.8. The molecule has 2 N–H and O–H groups in total. The predicted octanol–water partition coefficient (Wildman–Crippen LogP) is 3.09. The number of esters is 1. The third kappa shape index (κ3) is 3.84. The summed E-state index contributed by atoms with van der Waals surface area (Å²) in [7, 11) is 0. The minimum absolute atomic E-state index is 0.0795. The van der Waals surface area contributed by atoms with E-state index in [1.807, 2.05) is 29.5 Å². The molecule has 3 rings (SSSR count). The molecule has 2 aliphatic rings. The molecule has 130 valence electrons. The van der Waals surface area contributed by atoms with Gasteiger partial charge in [-0.3, -0.25) is 4.79 Å². The summed E-state index contributed by atoms with van der Waals surface area (Å²) < 4.78 is 5.85. The van der Waals surface area contributed by atoms with Gasteiger partial charge in [0.1, 0.15) is 11.3 Å². The molecular weight excluding hydrogens is 421 g/mol. The van der Waals surface area contributed by atoms with Crippen LogP contribution >= 0.6 is 22.6 Å². The highest BCUT2D eigenvalue weighted by Crippen LogP contribution is 2.49. The minimum atomic E-state index is -0.686. The van der Waals surface area contributed by atoms with Gasteiger partial charge in [-0.2, -0.15) is 0 Å². The number of carbonyl (C=O) groups is 2. The summed E-state index contributed by atoms with van der Waals surface area (Å²) in [6.45, 7) is 1.71. The Morgan fingerprint density at radius 1 is 1.38 bits per heavy atom. The lowest BCUT2D eigenvalue weighted by Gasteiger charge is -2.28. The molecule has 0 spiro atoms. The van der Waals surface area contributed by atoms with E-state index in [0.29, 0.717) is 5.92 Å². The fourth-order valence-corrected chi connectivity index (χ4v) is 4.68. The molecule has 6 heteroatoms. The Hall–Kier alpha value is -1.31. The normalized spacial score (nSPS) is 26.2. The molecule has 4 unspecified atom stereocenters. The van der Waals surface area contributed by atoms with Crippen LogP contribution in [-0.2, 0) is 9.53 Å². The first-order chi connectivity index (χ1) is 11.4.